The highest BCUT2D eigenvalue weighted by atomic mass is 19.1. The van der Waals surface area contributed by atoms with Gasteiger partial charge in [-0.2, -0.15) is 0 Å². The first-order chi connectivity index (χ1) is 16.3. The number of nitrogens with zero attached hydrogens (tertiary/aromatic N) is 1. The van der Waals surface area contributed by atoms with Crippen molar-refractivity contribution < 1.29 is 18.7 Å². The topological polar surface area (TPSA) is 56.3 Å². The molecule has 2 aliphatic rings. The van der Waals surface area contributed by atoms with Crippen molar-refractivity contribution in [3.63, 3.8) is 0 Å². The number of carboxylic acid groups (broad SMARTS) is 1. The Morgan fingerprint density at radius 3 is 2.50 bits per heavy atom. The van der Waals surface area contributed by atoms with Gasteiger partial charge in [0.15, 0.2) is 0 Å². The Kier molecular flexibility index (Phi) is 5.44. The maximum absolute atomic E-state index is 15.8. The van der Waals surface area contributed by atoms with E-state index in [1.54, 1.807) is 0 Å². The average Bonchev–Trinajstić information content (AvgIpc) is 3.15. The fraction of sp³-hybridized carbons (Fsp3) is 0.321. The number of fused-ring (bicyclic) bond motifs is 3. The average molecular weight is 461 g/mol. The van der Waals surface area contributed by atoms with E-state index in [1.165, 1.54) is 12.1 Å². The van der Waals surface area contributed by atoms with Crippen LogP contribution in [0, 0.1) is 29.4 Å². The summed E-state index contributed by atoms with van der Waals surface area (Å²) in [6.45, 7) is 8.31. The van der Waals surface area contributed by atoms with Crippen molar-refractivity contribution >= 4 is 16.9 Å². The molecule has 0 fully saturated rings. The van der Waals surface area contributed by atoms with Crippen LogP contribution in [0.1, 0.15) is 61.0 Å². The van der Waals surface area contributed by atoms with Gasteiger partial charge >= 0.3 is 5.97 Å². The van der Waals surface area contributed by atoms with Gasteiger partial charge in [-0.15, -0.1) is 0 Å². The van der Waals surface area contributed by atoms with Crippen LogP contribution in [-0.4, -0.2) is 27.0 Å². The molecule has 4 atom stereocenters. The van der Waals surface area contributed by atoms with Crippen LogP contribution in [0.4, 0.5) is 8.78 Å². The van der Waals surface area contributed by atoms with Crippen LogP contribution in [0.3, 0.4) is 0 Å². The molecule has 0 saturated heterocycles. The fourth-order valence-electron chi connectivity index (χ4n) is 5.38. The summed E-state index contributed by atoms with van der Waals surface area (Å²) in [7, 11) is 0. The molecule has 4 nitrogen and oxygen atoms in total. The minimum atomic E-state index is -1.08. The number of hydrogen-bond donors (Lipinski definition) is 2. The number of aliphatic carboxylic acids is 1. The summed E-state index contributed by atoms with van der Waals surface area (Å²) >= 11 is 0. The van der Waals surface area contributed by atoms with E-state index in [0.717, 1.165) is 40.7 Å². The molecular formula is C28H26F2N2O2. The number of carboxylic acids is 1. The van der Waals surface area contributed by atoms with Gasteiger partial charge in [0.1, 0.15) is 23.6 Å². The summed E-state index contributed by atoms with van der Waals surface area (Å²) < 4.78 is 31.5. The van der Waals surface area contributed by atoms with E-state index >= 15 is 8.78 Å². The first-order valence-electron chi connectivity index (χ1n) is 11.6. The van der Waals surface area contributed by atoms with Crippen LogP contribution in [-0.2, 0) is 11.2 Å². The second kappa shape index (κ2) is 8.32. The molecule has 2 unspecified atom stereocenters. The van der Waals surface area contributed by atoms with Crippen LogP contribution in [0.5, 0.6) is 0 Å². The van der Waals surface area contributed by atoms with Gasteiger partial charge in [-0.1, -0.05) is 50.5 Å². The summed E-state index contributed by atoms with van der Waals surface area (Å²) in [5.74, 6) is 1.16. The number of halogens is 2. The molecule has 0 radical (unpaired) electrons. The quantitative estimate of drug-likeness (QED) is 0.451. The summed E-state index contributed by atoms with van der Waals surface area (Å²) in [6, 6.07) is 9.75. The molecule has 6 heteroatoms. The Morgan fingerprint density at radius 2 is 1.91 bits per heavy atom. The number of H-pyrrole nitrogens is 1. The zero-order valence-electron chi connectivity index (χ0n) is 19.2. The molecule has 34 heavy (non-hydrogen) atoms. The van der Waals surface area contributed by atoms with Crippen molar-refractivity contribution in [1.82, 2.24) is 9.88 Å². The molecule has 0 bridgehead atoms. The van der Waals surface area contributed by atoms with E-state index in [2.05, 4.69) is 35.2 Å². The van der Waals surface area contributed by atoms with Gasteiger partial charge < -0.3 is 15.0 Å². The highest BCUT2D eigenvalue weighted by molar-refractivity contribution is 5.85. The predicted molar refractivity (Wildman–Crippen MR) is 127 cm³/mol. The SMILES string of the molecule is C=C(CC)N1[C@@H](CC)Cc2c([nH]c3ccccc23)[C@@H]1c1c(F)cc(C2C#CC2C(=O)O)cc1F. The Morgan fingerprint density at radius 1 is 1.21 bits per heavy atom. The largest absolute Gasteiger partial charge is 0.480 e. The van der Waals surface area contributed by atoms with E-state index in [9.17, 15) is 9.90 Å². The number of aromatic amines is 1. The maximum Gasteiger partial charge on any atom is 0.320 e. The molecule has 0 amide bonds. The van der Waals surface area contributed by atoms with Gasteiger partial charge in [0.05, 0.1) is 11.5 Å². The first-order valence-corrected chi connectivity index (χ1v) is 11.6. The molecule has 174 valence electrons. The monoisotopic (exact) mass is 460 g/mol. The minimum Gasteiger partial charge on any atom is -0.480 e. The van der Waals surface area contributed by atoms with Gasteiger partial charge in [-0.3, -0.25) is 4.79 Å². The van der Waals surface area contributed by atoms with Crippen molar-refractivity contribution in [3.8, 4) is 11.8 Å². The molecule has 2 N–H and O–H groups in total. The third kappa shape index (κ3) is 3.30. The third-order valence-corrected chi connectivity index (χ3v) is 7.20. The lowest BCUT2D eigenvalue weighted by Gasteiger charge is -2.45. The highest BCUT2D eigenvalue weighted by Crippen LogP contribution is 2.45. The summed E-state index contributed by atoms with van der Waals surface area (Å²) in [5, 5.41) is 10.4. The lowest BCUT2D eigenvalue weighted by atomic mass is 9.79. The predicted octanol–water partition coefficient (Wildman–Crippen LogP) is 5.90. The number of nitrogens with one attached hydrogen (secondary N) is 1. The Balaban J connectivity index is 1.70. The zero-order chi connectivity index (χ0) is 24.1. The fourth-order valence-corrected chi connectivity index (χ4v) is 5.38. The van der Waals surface area contributed by atoms with E-state index in [-0.39, 0.29) is 17.2 Å². The minimum absolute atomic E-state index is 0.0384. The number of carbonyl (C=O) groups is 1. The van der Waals surface area contributed by atoms with Crippen LogP contribution < -0.4 is 0 Å². The van der Waals surface area contributed by atoms with Crippen molar-refractivity contribution in [3.05, 3.63) is 82.7 Å². The van der Waals surface area contributed by atoms with Gasteiger partial charge in [0.25, 0.3) is 0 Å². The molecule has 0 saturated carbocycles. The van der Waals surface area contributed by atoms with E-state index in [0.29, 0.717) is 6.42 Å². The zero-order valence-corrected chi connectivity index (χ0v) is 19.2. The van der Waals surface area contributed by atoms with Crippen molar-refractivity contribution in [2.75, 3.05) is 0 Å². The standard InChI is InChI=1S/C28H26F2N2O2/c1-4-15(3)32-17(5-2)14-21-19-8-6-7-9-24(19)31-26(21)27(32)25-22(29)12-16(13-23(25)30)18-10-11-20(18)28(33)34/h6-9,12-13,17-18,20,27,31H,3-5,14H2,1-2H3,(H,33,34)/t17-,18?,20?,27-/m0/s1. The number of allylic oxidation sites excluding steroid dienone is 1. The van der Waals surface area contributed by atoms with Crippen LogP contribution in [0.25, 0.3) is 10.9 Å². The van der Waals surface area contributed by atoms with Gasteiger partial charge in [-0.25, -0.2) is 8.78 Å². The summed E-state index contributed by atoms with van der Waals surface area (Å²) in [4.78, 5) is 16.9. The summed E-state index contributed by atoms with van der Waals surface area (Å²) in [6.07, 6.45) is 2.21. The van der Waals surface area contributed by atoms with E-state index in [4.69, 9.17) is 0 Å². The highest BCUT2D eigenvalue weighted by Gasteiger charge is 2.41. The molecule has 2 aromatic carbocycles. The van der Waals surface area contributed by atoms with Gasteiger partial charge in [-0.05, 0) is 48.6 Å². The molecule has 3 aromatic rings. The number of hydrogen-bond acceptors (Lipinski definition) is 2. The smallest absolute Gasteiger partial charge is 0.320 e. The number of rotatable bonds is 6. The second-order valence-electron chi connectivity index (χ2n) is 9.04. The number of benzene rings is 2. The molecule has 1 aliphatic heterocycles. The molecular weight excluding hydrogens is 434 g/mol. The molecule has 0 spiro atoms. The van der Waals surface area contributed by atoms with Crippen LogP contribution in [0.15, 0.2) is 48.7 Å². The van der Waals surface area contributed by atoms with Crippen molar-refractivity contribution in [2.24, 2.45) is 5.92 Å². The number of aromatic nitrogens is 1. The Hall–Kier alpha value is -3.59. The van der Waals surface area contributed by atoms with Crippen LogP contribution >= 0.6 is 0 Å². The normalized spacial score (nSPS) is 23.1. The van der Waals surface area contributed by atoms with Crippen LogP contribution in [0.2, 0.25) is 0 Å². The summed E-state index contributed by atoms with van der Waals surface area (Å²) in [5.41, 5.74) is 3.81. The Labute approximate surface area is 197 Å². The lowest BCUT2D eigenvalue weighted by molar-refractivity contribution is -0.140. The first kappa shape index (κ1) is 22.2. The Bertz CT molecular complexity index is 1360. The van der Waals surface area contributed by atoms with Crippen molar-refractivity contribution in [2.45, 2.75) is 51.1 Å². The third-order valence-electron chi connectivity index (χ3n) is 7.20. The van der Waals surface area contributed by atoms with Gasteiger partial charge in [0, 0.05) is 28.3 Å². The lowest BCUT2D eigenvalue weighted by Crippen LogP contribution is -2.43. The number of para-hydroxylation sites is 1. The van der Waals surface area contributed by atoms with Gasteiger partial charge in [0.2, 0.25) is 0 Å². The van der Waals surface area contributed by atoms with Crippen molar-refractivity contribution in [1.29, 1.82) is 0 Å². The molecule has 1 aromatic heterocycles. The maximum atomic E-state index is 15.8. The molecule has 5 rings (SSSR count). The van der Waals surface area contributed by atoms with E-state index in [1.807, 2.05) is 31.2 Å². The van der Waals surface area contributed by atoms with E-state index < -0.39 is 35.5 Å². The molecule has 1 aliphatic carbocycles. The molecule has 2 heterocycles. The second-order valence-corrected chi connectivity index (χ2v) is 9.04.